The average Bonchev–Trinajstić information content (AvgIpc) is 2.50. The van der Waals surface area contributed by atoms with Crippen molar-refractivity contribution in [2.45, 2.75) is 6.42 Å². The second kappa shape index (κ2) is 6.65. The number of amides is 1. The topological polar surface area (TPSA) is 83.5 Å². The highest BCUT2D eigenvalue weighted by molar-refractivity contribution is 5.94. The van der Waals surface area contributed by atoms with Gasteiger partial charge in [0.15, 0.2) is 0 Å². The number of carbonyl (C=O) groups is 3. The quantitative estimate of drug-likeness (QED) is 0.620. The third-order valence-corrected chi connectivity index (χ3v) is 3.23. The summed E-state index contributed by atoms with van der Waals surface area (Å²) in [6.07, 6.45) is 0.801. The molecule has 0 aliphatic carbocycles. The fourth-order valence-corrected chi connectivity index (χ4v) is 2.20. The fourth-order valence-electron chi connectivity index (χ4n) is 2.20. The van der Waals surface area contributed by atoms with Gasteiger partial charge >= 0.3 is 5.97 Å². The van der Waals surface area contributed by atoms with Gasteiger partial charge in [0.05, 0.1) is 5.92 Å². The van der Waals surface area contributed by atoms with Crippen LogP contribution in [0.4, 0.5) is 0 Å². The van der Waals surface area contributed by atoms with Crippen LogP contribution in [0.5, 0.6) is 0 Å². The number of hydrogen-bond donors (Lipinski definition) is 2. The van der Waals surface area contributed by atoms with Crippen molar-refractivity contribution in [3.8, 4) is 0 Å². The van der Waals surface area contributed by atoms with Gasteiger partial charge in [0.2, 0.25) is 5.91 Å². The van der Waals surface area contributed by atoms with Crippen LogP contribution in [-0.2, 0) is 20.8 Å². The summed E-state index contributed by atoms with van der Waals surface area (Å²) in [5.41, 5.74) is 0.885. The first-order valence-corrected chi connectivity index (χ1v) is 6.53. The van der Waals surface area contributed by atoms with E-state index in [1.54, 1.807) is 0 Å². The predicted octanol–water partition coefficient (Wildman–Crippen LogP) is 1.40. The Bertz CT molecular complexity index is 676. The summed E-state index contributed by atoms with van der Waals surface area (Å²) in [6.45, 7) is -0.487. The lowest BCUT2D eigenvalue weighted by molar-refractivity contribution is -0.139. The van der Waals surface area contributed by atoms with E-state index in [4.69, 9.17) is 5.11 Å². The zero-order valence-corrected chi connectivity index (χ0v) is 11.3. The molecule has 0 aliphatic rings. The molecule has 2 aromatic rings. The molecular formula is C16H15NO4. The fraction of sp³-hybridized carbons (Fsp3) is 0.188. The van der Waals surface area contributed by atoms with Gasteiger partial charge in [0, 0.05) is 0 Å². The van der Waals surface area contributed by atoms with Gasteiger partial charge < -0.3 is 15.2 Å². The standard InChI is InChI=1S/C16H15NO4/c18-10-13(16(21)17-9-15(19)20)8-12-6-3-5-11-4-1-2-7-14(11)12/h1-7,10,13H,8-9H2,(H,17,21)(H,19,20). The predicted molar refractivity (Wildman–Crippen MR) is 77.9 cm³/mol. The molecule has 1 amide bonds. The van der Waals surface area contributed by atoms with Crippen LogP contribution in [0.15, 0.2) is 42.5 Å². The summed E-state index contributed by atoms with van der Waals surface area (Å²) >= 11 is 0. The van der Waals surface area contributed by atoms with Gasteiger partial charge in [-0.25, -0.2) is 0 Å². The summed E-state index contributed by atoms with van der Waals surface area (Å²) in [7, 11) is 0. The maximum absolute atomic E-state index is 11.8. The molecule has 0 fully saturated rings. The highest BCUT2D eigenvalue weighted by Gasteiger charge is 2.19. The van der Waals surface area contributed by atoms with Crippen molar-refractivity contribution in [1.82, 2.24) is 5.32 Å². The molecule has 1 unspecified atom stereocenters. The first-order chi connectivity index (χ1) is 10.1. The smallest absolute Gasteiger partial charge is 0.322 e. The molecular weight excluding hydrogens is 270 g/mol. The monoisotopic (exact) mass is 285 g/mol. The average molecular weight is 285 g/mol. The lowest BCUT2D eigenvalue weighted by Crippen LogP contribution is -2.36. The molecule has 0 aliphatic heterocycles. The molecule has 1 atom stereocenters. The molecule has 2 N–H and O–H groups in total. The van der Waals surface area contributed by atoms with Crippen molar-refractivity contribution in [2.24, 2.45) is 5.92 Å². The molecule has 0 aromatic heterocycles. The zero-order chi connectivity index (χ0) is 15.2. The maximum atomic E-state index is 11.8. The Hall–Kier alpha value is -2.69. The second-order valence-corrected chi connectivity index (χ2v) is 4.70. The highest BCUT2D eigenvalue weighted by Crippen LogP contribution is 2.20. The van der Waals surface area contributed by atoms with Gasteiger partial charge in [-0.15, -0.1) is 0 Å². The Morgan fingerprint density at radius 2 is 1.86 bits per heavy atom. The summed E-state index contributed by atoms with van der Waals surface area (Å²) in [5.74, 6) is -2.60. The van der Waals surface area contributed by atoms with Gasteiger partial charge in [-0.2, -0.15) is 0 Å². The van der Waals surface area contributed by atoms with Crippen molar-refractivity contribution in [3.05, 3.63) is 48.0 Å². The third-order valence-electron chi connectivity index (χ3n) is 3.23. The Morgan fingerprint density at radius 1 is 1.14 bits per heavy atom. The number of aliphatic carboxylic acids is 1. The normalized spacial score (nSPS) is 11.8. The van der Waals surface area contributed by atoms with Gasteiger partial charge in [-0.1, -0.05) is 42.5 Å². The molecule has 21 heavy (non-hydrogen) atoms. The van der Waals surface area contributed by atoms with Gasteiger partial charge in [0.25, 0.3) is 0 Å². The van der Waals surface area contributed by atoms with E-state index in [-0.39, 0.29) is 6.42 Å². The van der Waals surface area contributed by atoms with Crippen LogP contribution in [0.2, 0.25) is 0 Å². The van der Waals surface area contributed by atoms with Crippen molar-refractivity contribution in [1.29, 1.82) is 0 Å². The van der Waals surface area contributed by atoms with Crippen LogP contribution in [0.1, 0.15) is 5.56 Å². The summed E-state index contributed by atoms with van der Waals surface area (Å²) in [4.78, 5) is 33.4. The van der Waals surface area contributed by atoms with Crippen molar-refractivity contribution in [2.75, 3.05) is 6.54 Å². The zero-order valence-electron chi connectivity index (χ0n) is 11.3. The molecule has 0 radical (unpaired) electrons. The summed E-state index contributed by atoms with van der Waals surface area (Å²) < 4.78 is 0. The first-order valence-electron chi connectivity index (χ1n) is 6.53. The first kappa shape index (κ1) is 14.7. The molecule has 0 bridgehead atoms. The number of nitrogens with one attached hydrogen (secondary N) is 1. The van der Waals surface area contributed by atoms with E-state index in [0.29, 0.717) is 6.29 Å². The SMILES string of the molecule is O=CC(Cc1cccc2ccccc12)C(=O)NCC(=O)O. The van der Waals surface area contributed by atoms with Crippen molar-refractivity contribution >= 4 is 28.9 Å². The van der Waals surface area contributed by atoms with Crippen LogP contribution in [0.3, 0.4) is 0 Å². The summed E-state index contributed by atoms with van der Waals surface area (Å²) in [5, 5.41) is 12.8. The Kier molecular flexibility index (Phi) is 4.66. The molecule has 0 saturated heterocycles. The van der Waals surface area contributed by atoms with E-state index < -0.39 is 24.3 Å². The highest BCUT2D eigenvalue weighted by atomic mass is 16.4. The molecule has 108 valence electrons. The van der Waals surface area contributed by atoms with E-state index in [1.165, 1.54) is 0 Å². The molecule has 5 nitrogen and oxygen atoms in total. The van der Waals surface area contributed by atoms with E-state index in [1.807, 2.05) is 42.5 Å². The van der Waals surface area contributed by atoms with Gasteiger partial charge in [0.1, 0.15) is 12.8 Å². The number of rotatable bonds is 6. The number of carboxylic acid groups (broad SMARTS) is 1. The Balaban J connectivity index is 2.19. The number of benzene rings is 2. The van der Waals surface area contributed by atoms with Crippen LogP contribution < -0.4 is 5.32 Å². The number of hydrogen-bond acceptors (Lipinski definition) is 3. The van der Waals surface area contributed by atoms with Gasteiger partial charge in [-0.05, 0) is 22.8 Å². The van der Waals surface area contributed by atoms with E-state index in [0.717, 1.165) is 16.3 Å². The lowest BCUT2D eigenvalue weighted by atomic mass is 9.95. The van der Waals surface area contributed by atoms with Crippen molar-refractivity contribution < 1.29 is 19.5 Å². The van der Waals surface area contributed by atoms with Crippen LogP contribution in [0, 0.1) is 5.92 Å². The molecule has 0 saturated carbocycles. The number of fused-ring (bicyclic) bond motifs is 1. The second-order valence-electron chi connectivity index (χ2n) is 4.70. The van der Waals surface area contributed by atoms with E-state index >= 15 is 0 Å². The molecule has 5 heteroatoms. The summed E-state index contributed by atoms with van der Waals surface area (Å²) in [6, 6.07) is 13.4. The molecule has 0 heterocycles. The van der Waals surface area contributed by atoms with Gasteiger partial charge in [-0.3, -0.25) is 9.59 Å². The maximum Gasteiger partial charge on any atom is 0.322 e. The largest absolute Gasteiger partial charge is 0.480 e. The van der Waals surface area contributed by atoms with Crippen molar-refractivity contribution in [3.63, 3.8) is 0 Å². The number of carbonyl (C=O) groups excluding carboxylic acids is 2. The number of aldehydes is 1. The Morgan fingerprint density at radius 3 is 2.57 bits per heavy atom. The lowest BCUT2D eigenvalue weighted by Gasteiger charge is -2.12. The minimum Gasteiger partial charge on any atom is -0.480 e. The third kappa shape index (κ3) is 3.66. The van der Waals surface area contributed by atoms with E-state index in [9.17, 15) is 14.4 Å². The molecule has 2 rings (SSSR count). The molecule has 2 aromatic carbocycles. The minimum atomic E-state index is -1.14. The number of carboxylic acids is 1. The van der Waals surface area contributed by atoms with E-state index in [2.05, 4.69) is 5.32 Å². The van der Waals surface area contributed by atoms with Crippen LogP contribution >= 0.6 is 0 Å². The van der Waals surface area contributed by atoms with Crippen LogP contribution in [0.25, 0.3) is 10.8 Å². The van der Waals surface area contributed by atoms with Crippen LogP contribution in [-0.4, -0.2) is 29.8 Å². The Labute approximate surface area is 121 Å². The molecule has 0 spiro atoms. The minimum absolute atomic E-state index is 0.246.